The highest BCUT2D eigenvalue weighted by Gasteiger charge is 2.22. The van der Waals surface area contributed by atoms with Crippen LogP contribution in [-0.4, -0.2) is 71.9 Å². The van der Waals surface area contributed by atoms with E-state index < -0.39 is 17.6 Å². The zero-order valence-electron chi connectivity index (χ0n) is 25.9. The van der Waals surface area contributed by atoms with Gasteiger partial charge in [0.25, 0.3) is 5.56 Å². The number of aromatic nitrogens is 4. The van der Waals surface area contributed by atoms with Crippen molar-refractivity contribution in [3.8, 4) is 0 Å². The van der Waals surface area contributed by atoms with E-state index in [1.807, 2.05) is 54.8 Å². The lowest BCUT2D eigenvalue weighted by Crippen LogP contribution is -2.41. The third-order valence-electron chi connectivity index (χ3n) is 7.75. The summed E-state index contributed by atoms with van der Waals surface area (Å²) in [4.78, 5) is 57.7. The molecule has 4 rings (SSSR count). The third-order valence-corrected chi connectivity index (χ3v) is 7.75. The second-order valence-corrected chi connectivity index (χ2v) is 11.0. The molecule has 0 fully saturated rings. The van der Waals surface area contributed by atoms with Gasteiger partial charge in [0.15, 0.2) is 11.2 Å². The summed E-state index contributed by atoms with van der Waals surface area (Å²) in [6, 6.07) is 17.1. The van der Waals surface area contributed by atoms with Crippen LogP contribution < -0.4 is 16.6 Å². The first-order valence-corrected chi connectivity index (χ1v) is 15.5. The number of hydrogen-bond acceptors (Lipinski definition) is 7. The predicted molar refractivity (Wildman–Crippen MR) is 173 cm³/mol. The van der Waals surface area contributed by atoms with Crippen molar-refractivity contribution in [3.63, 3.8) is 0 Å². The van der Waals surface area contributed by atoms with E-state index in [0.717, 1.165) is 17.7 Å². The topological polar surface area (TPSA) is 152 Å². The van der Waals surface area contributed by atoms with Crippen LogP contribution >= 0.6 is 0 Å². The number of aliphatic hydroxyl groups is 1. The summed E-state index contributed by atoms with van der Waals surface area (Å²) in [6.07, 6.45) is 1.13. The lowest BCUT2D eigenvalue weighted by atomic mass is 10.1. The Morgan fingerprint density at radius 1 is 0.889 bits per heavy atom. The molecule has 0 saturated heterocycles. The van der Waals surface area contributed by atoms with Crippen molar-refractivity contribution in [1.82, 2.24) is 23.6 Å². The molecule has 12 nitrogen and oxygen atoms in total. The Hall–Kier alpha value is -4.55. The molecule has 0 spiro atoms. The van der Waals surface area contributed by atoms with Crippen molar-refractivity contribution in [1.29, 1.82) is 0 Å². The minimum atomic E-state index is -1.04. The summed E-state index contributed by atoms with van der Waals surface area (Å²) in [5.41, 5.74) is 2.36. The van der Waals surface area contributed by atoms with Crippen LogP contribution in [0.25, 0.3) is 11.2 Å². The monoisotopic (exact) mass is 618 g/mol. The van der Waals surface area contributed by atoms with Crippen LogP contribution in [0, 0.1) is 0 Å². The van der Waals surface area contributed by atoms with Crippen LogP contribution in [-0.2, 0) is 42.1 Å². The fraction of sp³-hybridized carbons (Fsp3) is 0.424. The fourth-order valence-electron chi connectivity index (χ4n) is 5.41. The Bertz CT molecular complexity index is 1730. The Balaban J connectivity index is 1.74. The molecule has 240 valence electrons. The number of nitrogens with zero attached hydrogens (tertiary/aromatic N) is 5. The number of benzene rings is 2. The molecule has 2 aromatic heterocycles. The van der Waals surface area contributed by atoms with Crippen LogP contribution in [0.1, 0.15) is 50.1 Å². The normalized spacial score (nSPS) is 11.4. The number of aliphatic carboxylic acids is 1. The van der Waals surface area contributed by atoms with Crippen molar-refractivity contribution >= 4 is 28.7 Å². The average molecular weight is 619 g/mol. The molecule has 0 radical (unpaired) electrons. The number of aryl methyl sites for hydroxylation is 2. The molecule has 0 bridgehead atoms. The number of rotatable bonds is 17. The Labute approximate surface area is 261 Å². The summed E-state index contributed by atoms with van der Waals surface area (Å²) in [6.45, 7) is 6.83. The smallest absolute Gasteiger partial charge is 0.332 e. The molecule has 0 saturated carbocycles. The van der Waals surface area contributed by atoms with Crippen LogP contribution in [0.5, 0.6) is 0 Å². The van der Waals surface area contributed by atoms with E-state index in [4.69, 9.17) is 10.1 Å². The number of carboxylic acids is 1. The zero-order chi connectivity index (χ0) is 32.3. The maximum absolute atomic E-state index is 13.9. The zero-order valence-corrected chi connectivity index (χ0v) is 25.9. The lowest BCUT2D eigenvalue weighted by molar-refractivity contribution is -0.138. The molecule has 0 atom stereocenters. The van der Waals surface area contributed by atoms with Crippen LogP contribution in [0.2, 0.25) is 0 Å². The minimum Gasteiger partial charge on any atom is -0.481 e. The van der Waals surface area contributed by atoms with Gasteiger partial charge in [0.2, 0.25) is 5.91 Å². The summed E-state index contributed by atoms with van der Waals surface area (Å²) < 4.78 is 4.79. The molecule has 0 aliphatic carbocycles. The molecule has 1 amide bonds. The highest BCUT2D eigenvalue weighted by Crippen LogP contribution is 2.18. The average Bonchev–Trinajstić information content (AvgIpc) is 3.38. The number of carbonyl (C=O) groups excluding carboxylic acids is 1. The van der Waals surface area contributed by atoms with Crippen LogP contribution in [0.4, 0.5) is 5.69 Å². The van der Waals surface area contributed by atoms with Gasteiger partial charge < -0.3 is 20.1 Å². The number of nitrogens with one attached hydrogen (secondary N) is 1. The molecule has 12 heteroatoms. The van der Waals surface area contributed by atoms with Crippen molar-refractivity contribution in [2.75, 3.05) is 31.6 Å². The number of likely N-dealkylation sites (N-methyl/N-ethyl adjacent to an activating group) is 1. The van der Waals surface area contributed by atoms with Gasteiger partial charge in [-0.2, -0.15) is 0 Å². The largest absolute Gasteiger partial charge is 0.481 e. The molecule has 0 aliphatic rings. The van der Waals surface area contributed by atoms with Crippen molar-refractivity contribution in [2.24, 2.45) is 0 Å². The van der Waals surface area contributed by atoms with Gasteiger partial charge >= 0.3 is 11.7 Å². The van der Waals surface area contributed by atoms with Crippen molar-refractivity contribution in [2.45, 2.75) is 65.6 Å². The van der Waals surface area contributed by atoms with Gasteiger partial charge in [-0.25, -0.2) is 9.78 Å². The van der Waals surface area contributed by atoms with Gasteiger partial charge in [-0.15, -0.1) is 0 Å². The number of fused-ring (bicyclic) bond motifs is 1. The van der Waals surface area contributed by atoms with E-state index in [9.17, 15) is 24.3 Å². The van der Waals surface area contributed by atoms with Crippen molar-refractivity contribution < 1.29 is 19.8 Å². The number of carboxylic acid groups (broad SMARTS) is 1. The Morgan fingerprint density at radius 2 is 1.64 bits per heavy atom. The highest BCUT2D eigenvalue weighted by atomic mass is 16.4. The van der Waals surface area contributed by atoms with Crippen LogP contribution in [0.15, 0.2) is 64.2 Å². The second-order valence-electron chi connectivity index (χ2n) is 11.0. The van der Waals surface area contributed by atoms with E-state index in [1.165, 1.54) is 4.57 Å². The predicted octanol–water partition coefficient (Wildman–Crippen LogP) is 2.72. The van der Waals surface area contributed by atoms with Gasteiger partial charge in [0, 0.05) is 51.3 Å². The highest BCUT2D eigenvalue weighted by molar-refractivity contribution is 5.92. The molecular formula is C33H42N6O6. The number of amides is 1. The van der Waals surface area contributed by atoms with E-state index in [0.29, 0.717) is 61.6 Å². The first kappa shape index (κ1) is 33.3. The quantitative estimate of drug-likeness (QED) is 0.163. The second kappa shape index (κ2) is 16.0. The molecular weight excluding hydrogens is 576 g/mol. The van der Waals surface area contributed by atoms with E-state index in [2.05, 4.69) is 10.2 Å². The Kier molecular flexibility index (Phi) is 11.8. The van der Waals surface area contributed by atoms with Gasteiger partial charge in [0.05, 0.1) is 13.0 Å². The number of anilines is 1. The maximum Gasteiger partial charge on any atom is 0.332 e. The molecule has 0 aliphatic heterocycles. The molecule has 2 aromatic carbocycles. The fourth-order valence-corrected chi connectivity index (χ4v) is 5.41. The number of hydrogen-bond donors (Lipinski definition) is 3. The first-order chi connectivity index (χ1) is 21.7. The van der Waals surface area contributed by atoms with Gasteiger partial charge in [-0.3, -0.25) is 28.4 Å². The van der Waals surface area contributed by atoms with Gasteiger partial charge in [-0.1, -0.05) is 56.3 Å². The first-order valence-electron chi connectivity index (χ1n) is 15.5. The molecule has 45 heavy (non-hydrogen) atoms. The summed E-state index contributed by atoms with van der Waals surface area (Å²) in [7, 11) is 0. The lowest BCUT2D eigenvalue weighted by Gasteiger charge is -2.20. The van der Waals surface area contributed by atoms with E-state index in [1.54, 1.807) is 22.8 Å². The molecule has 2 heterocycles. The minimum absolute atomic E-state index is 0.0332. The number of imidazole rings is 1. The number of aliphatic hydroxyl groups excluding tert-OH is 1. The molecule has 3 N–H and O–H groups in total. The summed E-state index contributed by atoms with van der Waals surface area (Å²) >= 11 is 0. The molecule has 4 aromatic rings. The third kappa shape index (κ3) is 8.55. The number of carbonyl (C=O) groups is 2. The SMILES string of the molecule is CCCn1c(=O)c2c(nc(Cc3ccccc3)n2CCN(CC)CCO)n(CCc2cccc(NC(=O)CCC(=O)O)c2)c1=O. The standard InChI is InChI=1S/C33H42N6O6/c1-3-16-39-32(44)30-31(35-27(23-24-9-6-5-7-10-24)37(30)19-18-36(4-2)20-21-40)38(33(39)45)17-15-25-11-8-12-26(22-25)34-28(41)13-14-29(42)43/h5-12,22,40H,3-4,13-21,23H2,1-2H3,(H,34,41)(H,42,43). The molecule has 0 unspecified atom stereocenters. The summed E-state index contributed by atoms with van der Waals surface area (Å²) in [5.74, 6) is -0.750. The summed E-state index contributed by atoms with van der Waals surface area (Å²) in [5, 5.41) is 21.1. The maximum atomic E-state index is 13.9. The van der Waals surface area contributed by atoms with Crippen molar-refractivity contribution in [3.05, 3.63) is 92.4 Å². The van der Waals surface area contributed by atoms with E-state index >= 15 is 0 Å². The van der Waals surface area contributed by atoms with Gasteiger partial charge in [0.1, 0.15) is 5.82 Å². The Morgan fingerprint density at radius 3 is 2.33 bits per heavy atom. The van der Waals surface area contributed by atoms with Crippen LogP contribution in [0.3, 0.4) is 0 Å². The van der Waals surface area contributed by atoms with E-state index in [-0.39, 0.29) is 38.1 Å². The van der Waals surface area contributed by atoms with Gasteiger partial charge in [-0.05, 0) is 42.6 Å².